The van der Waals surface area contributed by atoms with Crippen molar-refractivity contribution in [2.45, 2.75) is 45.4 Å². The Labute approximate surface area is 81.5 Å². The monoisotopic (exact) mass is 184 g/mol. The molecule has 1 saturated heterocycles. The van der Waals surface area contributed by atoms with Gasteiger partial charge in [0.1, 0.15) is 0 Å². The fourth-order valence-corrected chi connectivity index (χ4v) is 2.10. The van der Waals surface area contributed by atoms with E-state index in [0.717, 1.165) is 25.9 Å². The van der Waals surface area contributed by atoms with Crippen LogP contribution in [0.2, 0.25) is 0 Å². The summed E-state index contributed by atoms with van der Waals surface area (Å²) in [5, 5.41) is 0. The summed E-state index contributed by atoms with van der Waals surface area (Å²) < 4.78 is 0.712. The van der Waals surface area contributed by atoms with Gasteiger partial charge in [-0.1, -0.05) is 19.8 Å². The summed E-state index contributed by atoms with van der Waals surface area (Å²) in [5.74, 6) is 0.455. The second-order valence-corrected chi connectivity index (χ2v) is 4.40. The molecule has 2 heteroatoms. The highest BCUT2D eigenvalue weighted by atomic mass is 16.2. The molecule has 0 radical (unpaired) electrons. The van der Waals surface area contributed by atoms with Crippen LogP contribution in [0, 0.1) is 0 Å². The van der Waals surface area contributed by atoms with Crippen molar-refractivity contribution in [1.29, 1.82) is 0 Å². The number of hydrogen-bond donors (Lipinski definition) is 0. The van der Waals surface area contributed by atoms with Gasteiger partial charge in [0.05, 0.1) is 26.6 Å². The van der Waals surface area contributed by atoms with Crippen molar-refractivity contribution in [2.75, 3.05) is 20.1 Å². The topological polar surface area (TPSA) is 17.1 Å². The van der Waals surface area contributed by atoms with Crippen molar-refractivity contribution in [2.24, 2.45) is 0 Å². The summed E-state index contributed by atoms with van der Waals surface area (Å²) in [5.41, 5.74) is 0. The van der Waals surface area contributed by atoms with Crippen LogP contribution in [0.25, 0.3) is 0 Å². The first-order valence-corrected chi connectivity index (χ1v) is 5.57. The van der Waals surface area contributed by atoms with Crippen molar-refractivity contribution in [3.63, 3.8) is 0 Å². The maximum Gasteiger partial charge on any atom is 0.313 e. The van der Waals surface area contributed by atoms with Gasteiger partial charge in [-0.3, -0.25) is 4.48 Å². The molecule has 0 aromatic carbocycles. The standard InChI is InChI=1S/C11H22NO/c1-3-4-5-6-9-12(2)10-7-8-11(12)13/h3-10H2,1-2H3/q+1. The third kappa shape index (κ3) is 2.80. The van der Waals surface area contributed by atoms with Gasteiger partial charge in [-0.25, -0.2) is 4.79 Å². The van der Waals surface area contributed by atoms with E-state index in [1.165, 1.54) is 25.7 Å². The van der Waals surface area contributed by atoms with Crippen molar-refractivity contribution >= 4 is 5.91 Å². The van der Waals surface area contributed by atoms with Crippen LogP contribution < -0.4 is 0 Å². The van der Waals surface area contributed by atoms with Crippen LogP contribution in [0.3, 0.4) is 0 Å². The van der Waals surface area contributed by atoms with E-state index in [1.54, 1.807) is 0 Å². The summed E-state index contributed by atoms with van der Waals surface area (Å²) in [6.45, 7) is 4.36. The molecule has 2 nitrogen and oxygen atoms in total. The smallest absolute Gasteiger partial charge is 0.263 e. The molecule has 0 N–H and O–H groups in total. The normalized spacial score (nSPS) is 28.3. The third-order valence-electron chi connectivity index (χ3n) is 3.15. The van der Waals surface area contributed by atoms with E-state index in [4.69, 9.17) is 0 Å². The summed E-state index contributed by atoms with van der Waals surface area (Å²) in [6, 6.07) is 0. The Morgan fingerprint density at radius 2 is 2.08 bits per heavy atom. The molecule has 1 rings (SSSR count). The average Bonchev–Trinajstić information content (AvgIpc) is 2.42. The van der Waals surface area contributed by atoms with Gasteiger partial charge in [0.15, 0.2) is 0 Å². The molecule has 1 heterocycles. The van der Waals surface area contributed by atoms with Gasteiger partial charge in [-0.05, 0) is 12.8 Å². The number of hydrogen-bond acceptors (Lipinski definition) is 1. The summed E-state index contributed by atoms with van der Waals surface area (Å²) >= 11 is 0. The molecule has 1 aliphatic heterocycles. The fraction of sp³-hybridized carbons (Fsp3) is 0.909. The first-order chi connectivity index (χ1) is 6.19. The lowest BCUT2D eigenvalue weighted by atomic mass is 10.2. The molecule has 0 aromatic heterocycles. The average molecular weight is 184 g/mol. The molecule has 0 bridgehead atoms. The molecule has 1 aliphatic rings. The lowest BCUT2D eigenvalue weighted by Crippen LogP contribution is -2.45. The van der Waals surface area contributed by atoms with Crippen molar-refractivity contribution in [1.82, 2.24) is 0 Å². The van der Waals surface area contributed by atoms with Gasteiger partial charge in [0.25, 0.3) is 0 Å². The number of rotatable bonds is 5. The molecular formula is C11H22NO+. The maximum absolute atomic E-state index is 11.5. The minimum absolute atomic E-state index is 0.455. The third-order valence-corrected chi connectivity index (χ3v) is 3.15. The van der Waals surface area contributed by atoms with Gasteiger partial charge >= 0.3 is 5.91 Å². The molecule has 0 aromatic rings. The van der Waals surface area contributed by atoms with Crippen LogP contribution in [0.15, 0.2) is 0 Å². The van der Waals surface area contributed by atoms with Gasteiger partial charge in [0, 0.05) is 6.42 Å². The number of unbranched alkanes of at least 4 members (excludes halogenated alkanes) is 3. The van der Waals surface area contributed by atoms with E-state index >= 15 is 0 Å². The predicted molar refractivity (Wildman–Crippen MR) is 54.3 cm³/mol. The first kappa shape index (κ1) is 10.7. The van der Waals surface area contributed by atoms with Crippen LogP contribution in [0.1, 0.15) is 45.4 Å². The number of carbonyl (C=O) groups excluding carboxylic acids is 1. The highest BCUT2D eigenvalue weighted by molar-refractivity contribution is 5.70. The minimum Gasteiger partial charge on any atom is -0.263 e. The zero-order chi connectivity index (χ0) is 9.73. The van der Waals surface area contributed by atoms with E-state index in [-0.39, 0.29) is 0 Å². The highest BCUT2D eigenvalue weighted by Crippen LogP contribution is 2.19. The molecule has 1 unspecified atom stereocenters. The highest BCUT2D eigenvalue weighted by Gasteiger charge is 2.35. The Bertz CT molecular complexity index is 179. The Balaban J connectivity index is 2.22. The zero-order valence-corrected chi connectivity index (χ0v) is 9.01. The largest absolute Gasteiger partial charge is 0.313 e. The van der Waals surface area contributed by atoms with E-state index in [2.05, 4.69) is 14.0 Å². The van der Waals surface area contributed by atoms with Gasteiger partial charge < -0.3 is 0 Å². The molecule has 0 spiro atoms. The Morgan fingerprint density at radius 3 is 2.62 bits per heavy atom. The minimum atomic E-state index is 0.455. The maximum atomic E-state index is 11.5. The van der Waals surface area contributed by atoms with Gasteiger partial charge in [-0.2, -0.15) is 0 Å². The van der Waals surface area contributed by atoms with Gasteiger partial charge in [0.2, 0.25) is 0 Å². The lowest BCUT2D eigenvalue weighted by molar-refractivity contribution is -0.826. The Hall–Kier alpha value is -0.370. The second kappa shape index (κ2) is 4.75. The number of nitrogens with zero attached hydrogens (tertiary/aromatic N) is 1. The zero-order valence-electron chi connectivity index (χ0n) is 9.01. The van der Waals surface area contributed by atoms with Crippen molar-refractivity contribution < 1.29 is 9.28 Å². The van der Waals surface area contributed by atoms with E-state index in [9.17, 15) is 4.79 Å². The van der Waals surface area contributed by atoms with Crippen LogP contribution >= 0.6 is 0 Å². The van der Waals surface area contributed by atoms with E-state index < -0.39 is 0 Å². The summed E-state index contributed by atoms with van der Waals surface area (Å²) in [7, 11) is 2.10. The van der Waals surface area contributed by atoms with Crippen LogP contribution in [0.4, 0.5) is 0 Å². The molecule has 0 saturated carbocycles. The molecular weight excluding hydrogens is 162 g/mol. The predicted octanol–water partition coefficient (Wildman–Crippen LogP) is 2.33. The molecule has 1 amide bonds. The van der Waals surface area contributed by atoms with Crippen LogP contribution in [-0.4, -0.2) is 30.5 Å². The molecule has 1 fully saturated rings. The second-order valence-electron chi connectivity index (χ2n) is 4.40. The van der Waals surface area contributed by atoms with Gasteiger partial charge in [-0.15, -0.1) is 0 Å². The number of carbonyl (C=O) groups is 1. The van der Waals surface area contributed by atoms with Crippen molar-refractivity contribution in [3.05, 3.63) is 0 Å². The SMILES string of the molecule is CCCCCC[N+]1(C)CCCC1=O. The first-order valence-electron chi connectivity index (χ1n) is 5.57. The van der Waals surface area contributed by atoms with E-state index in [0.29, 0.717) is 10.4 Å². The quantitative estimate of drug-likeness (QED) is 0.473. The van der Waals surface area contributed by atoms with Crippen LogP contribution in [-0.2, 0) is 4.79 Å². The number of amides is 1. The summed E-state index contributed by atoms with van der Waals surface area (Å²) in [4.78, 5) is 11.5. The van der Waals surface area contributed by atoms with Crippen LogP contribution in [0.5, 0.6) is 0 Å². The number of quaternary nitrogens is 1. The summed E-state index contributed by atoms with van der Waals surface area (Å²) in [6.07, 6.45) is 7.01. The van der Waals surface area contributed by atoms with Crippen molar-refractivity contribution in [3.8, 4) is 0 Å². The lowest BCUT2D eigenvalue weighted by Gasteiger charge is -2.26. The Kier molecular flexibility index (Phi) is 3.91. The Morgan fingerprint density at radius 1 is 1.31 bits per heavy atom. The fourth-order valence-electron chi connectivity index (χ4n) is 2.10. The van der Waals surface area contributed by atoms with E-state index in [1.807, 2.05) is 0 Å². The number of likely N-dealkylation sites (tertiary alicyclic amines) is 1. The molecule has 0 aliphatic carbocycles. The molecule has 13 heavy (non-hydrogen) atoms. The molecule has 1 atom stereocenters. The molecule has 76 valence electrons.